The van der Waals surface area contributed by atoms with Crippen LogP contribution in [0.2, 0.25) is 5.15 Å². The zero-order chi connectivity index (χ0) is 15.5. The number of ether oxygens (including phenoxy) is 1. The number of fused-ring (bicyclic) bond motifs is 1. The minimum Gasteiger partial charge on any atom is -0.426 e. The lowest BCUT2D eigenvalue weighted by Crippen LogP contribution is -2.08. The van der Waals surface area contributed by atoms with Gasteiger partial charge in [-0.3, -0.25) is 4.79 Å². The number of hydrogen-bond donors (Lipinski definition) is 0. The summed E-state index contributed by atoms with van der Waals surface area (Å²) in [5, 5.41) is 1.17. The van der Waals surface area contributed by atoms with Crippen LogP contribution in [0.25, 0.3) is 22.3 Å². The van der Waals surface area contributed by atoms with E-state index in [9.17, 15) is 4.79 Å². The molecular formula is C16H10Cl2N2O2. The minimum atomic E-state index is -0.517. The van der Waals surface area contributed by atoms with Gasteiger partial charge in [-0.15, -0.1) is 11.6 Å². The van der Waals surface area contributed by atoms with Gasteiger partial charge in [0.05, 0.1) is 5.52 Å². The first kappa shape index (κ1) is 14.8. The summed E-state index contributed by atoms with van der Waals surface area (Å²) in [5.74, 6) is 0.127. The lowest BCUT2D eigenvalue weighted by Gasteiger charge is -2.06. The van der Waals surface area contributed by atoms with E-state index in [1.807, 2.05) is 30.3 Å². The summed E-state index contributed by atoms with van der Waals surface area (Å²) >= 11 is 11.6. The fourth-order valence-electron chi connectivity index (χ4n) is 2.02. The molecule has 2 aromatic carbocycles. The first-order valence-corrected chi connectivity index (χ1v) is 7.38. The van der Waals surface area contributed by atoms with Crippen molar-refractivity contribution in [2.45, 2.75) is 0 Å². The molecule has 6 heteroatoms. The maximum atomic E-state index is 11.3. The van der Waals surface area contributed by atoms with E-state index in [2.05, 4.69) is 9.97 Å². The molecule has 3 rings (SSSR count). The van der Waals surface area contributed by atoms with E-state index in [-0.39, 0.29) is 5.88 Å². The van der Waals surface area contributed by atoms with Crippen LogP contribution in [0.15, 0.2) is 48.5 Å². The number of halogens is 2. The molecule has 0 unspecified atom stereocenters. The Balaban J connectivity index is 2.04. The van der Waals surface area contributed by atoms with Crippen LogP contribution in [-0.2, 0) is 4.79 Å². The minimum absolute atomic E-state index is 0.206. The van der Waals surface area contributed by atoms with Gasteiger partial charge in [0.25, 0.3) is 0 Å². The predicted molar refractivity (Wildman–Crippen MR) is 86.3 cm³/mol. The number of alkyl halides is 1. The third kappa shape index (κ3) is 3.03. The monoisotopic (exact) mass is 332 g/mol. The second-order valence-corrected chi connectivity index (χ2v) is 5.12. The number of para-hydroxylation sites is 1. The first-order chi connectivity index (χ1) is 10.7. The van der Waals surface area contributed by atoms with Gasteiger partial charge in [-0.1, -0.05) is 35.9 Å². The summed E-state index contributed by atoms with van der Waals surface area (Å²) in [6, 6.07) is 14.4. The third-order valence-electron chi connectivity index (χ3n) is 2.99. The van der Waals surface area contributed by atoms with Crippen LogP contribution >= 0.6 is 23.2 Å². The Morgan fingerprint density at radius 3 is 2.73 bits per heavy atom. The molecule has 0 radical (unpaired) electrons. The maximum absolute atomic E-state index is 11.3. The van der Waals surface area contributed by atoms with E-state index in [0.29, 0.717) is 22.3 Å². The average Bonchev–Trinajstić information content (AvgIpc) is 2.55. The highest BCUT2D eigenvalue weighted by Gasteiger charge is 2.09. The van der Waals surface area contributed by atoms with Crippen molar-refractivity contribution in [3.05, 3.63) is 53.7 Å². The standard InChI is InChI=1S/C16H10Cl2N2O2/c17-9-14(21)22-11-5-3-4-10(8-11)16-19-13-7-2-1-6-12(13)15(18)20-16/h1-8H,9H2. The van der Waals surface area contributed by atoms with Crippen LogP contribution in [0.3, 0.4) is 0 Å². The molecule has 0 amide bonds. The zero-order valence-corrected chi connectivity index (χ0v) is 12.8. The molecule has 0 bridgehead atoms. The van der Waals surface area contributed by atoms with Crippen molar-refractivity contribution < 1.29 is 9.53 Å². The lowest BCUT2D eigenvalue weighted by molar-refractivity contribution is -0.131. The largest absolute Gasteiger partial charge is 0.426 e. The molecule has 0 aliphatic heterocycles. The number of rotatable bonds is 3. The highest BCUT2D eigenvalue weighted by molar-refractivity contribution is 6.34. The highest BCUT2D eigenvalue weighted by atomic mass is 35.5. The van der Waals surface area contributed by atoms with E-state index in [0.717, 1.165) is 10.9 Å². The number of carbonyl (C=O) groups excluding carboxylic acids is 1. The number of aromatic nitrogens is 2. The number of carbonyl (C=O) groups is 1. The quantitative estimate of drug-likeness (QED) is 0.313. The second kappa shape index (κ2) is 6.30. The highest BCUT2D eigenvalue weighted by Crippen LogP contribution is 2.26. The Bertz CT molecular complexity index is 852. The van der Waals surface area contributed by atoms with Crippen molar-refractivity contribution in [3.8, 4) is 17.1 Å². The Morgan fingerprint density at radius 2 is 1.91 bits per heavy atom. The molecule has 22 heavy (non-hydrogen) atoms. The molecule has 0 aliphatic carbocycles. The topological polar surface area (TPSA) is 52.1 Å². The Labute approximate surface area is 136 Å². The molecule has 3 aromatic rings. The first-order valence-electron chi connectivity index (χ1n) is 6.47. The molecule has 0 saturated carbocycles. The average molecular weight is 333 g/mol. The van der Waals surface area contributed by atoms with E-state index in [4.69, 9.17) is 27.9 Å². The summed E-state index contributed by atoms with van der Waals surface area (Å²) in [4.78, 5) is 20.0. The summed E-state index contributed by atoms with van der Waals surface area (Å²) < 4.78 is 5.08. The summed E-state index contributed by atoms with van der Waals surface area (Å²) in [7, 11) is 0. The van der Waals surface area contributed by atoms with E-state index < -0.39 is 5.97 Å². The normalized spacial score (nSPS) is 10.6. The van der Waals surface area contributed by atoms with Crippen LogP contribution in [0.4, 0.5) is 0 Å². The van der Waals surface area contributed by atoms with Gasteiger partial charge in [0, 0.05) is 10.9 Å². The molecule has 4 nitrogen and oxygen atoms in total. The van der Waals surface area contributed by atoms with Crippen molar-refractivity contribution in [1.29, 1.82) is 0 Å². The summed E-state index contributed by atoms with van der Waals surface area (Å²) in [5.41, 5.74) is 1.45. The Kier molecular flexibility index (Phi) is 4.22. The smallest absolute Gasteiger partial charge is 0.326 e. The van der Waals surface area contributed by atoms with E-state index >= 15 is 0 Å². The van der Waals surface area contributed by atoms with Crippen molar-refractivity contribution in [2.24, 2.45) is 0 Å². The van der Waals surface area contributed by atoms with Gasteiger partial charge in [0.1, 0.15) is 16.8 Å². The number of benzene rings is 2. The second-order valence-electron chi connectivity index (χ2n) is 4.49. The number of hydrogen-bond acceptors (Lipinski definition) is 4. The summed E-state index contributed by atoms with van der Waals surface area (Å²) in [6.45, 7) is 0. The maximum Gasteiger partial charge on any atom is 0.326 e. The van der Waals surface area contributed by atoms with Gasteiger partial charge in [0.15, 0.2) is 5.82 Å². The van der Waals surface area contributed by atoms with Crippen molar-refractivity contribution in [2.75, 3.05) is 5.88 Å². The molecule has 0 fully saturated rings. The van der Waals surface area contributed by atoms with Gasteiger partial charge in [-0.05, 0) is 24.3 Å². The predicted octanol–water partition coefficient (Wildman–Crippen LogP) is 4.09. The number of nitrogens with zero attached hydrogens (tertiary/aromatic N) is 2. The van der Waals surface area contributed by atoms with E-state index in [1.165, 1.54) is 0 Å². The van der Waals surface area contributed by atoms with Crippen LogP contribution in [0.1, 0.15) is 0 Å². The number of esters is 1. The van der Waals surface area contributed by atoms with Crippen molar-refractivity contribution in [1.82, 2.24) is 9.97 Å². The van der Waals surface area contributed by atoms with Gasteiger partial charge >= 0.3 is 5.97 Å². The molecule has 0 N–H and O–H groups in total. The Hall–Kier alpha value is -2.17. The molecule has 0 spiro atoms. The molecular weight excluding hydrogens is 323 g/mol. The van der Waals surface area contributed by atoms with Crippen LogP contribution in [0.5, 0.6) is 5.75 Å². The van der Waals surface area contributed by atoms with Crippen LogP contribution < -0.4 is 4.74 Å². The van der Waals surface area contributed by atoms with Gasteiger partial charge in [-0.25, -0.2) is 9.97 Å². The van der Waals surface area contributed by atoms with Crippen LogP contribution in [-0.4, -0.2) is 21.8 Å². The summed E-state index contributed by atoms with van der Waals surface area (Å²) in [6.07, 6.45) is 0. The van der Waals surface area contributed by atoms with Gasteiger partial charge in [0.2, 0.25) is 0 Å². The molecule has 0 aliphatic rings. The molecule has 110 valence electrons. The lowest BCUT2D eigenvalue weighted by atomic mass is 10.2. The van der Waals surface area contributed by atoms with Gasteiger partial charge < -0.3 is 4.74 Å². The third-order valence-corrected chi connectivity index (χ3v) is 3.50. The van der Waals surface area contributed by atoms with Crippen molar-refractivity contribution >= 4 is 40.1 Å². The fraction of sp³-hybridized carbons (Fsp3) is 0.0625. The molecule has 0 saturated heterocycles. The van der Waals surface area contributed by atoms with Crippen molar-refractivity contribution in [3.63, 3.8) is 0 Å². The SMILES string of the molecule is O=C(CCl)Oc1cccc(-c2nc(Cl)c3ccccc3n2)c1. The molecule has 0 atom stereocenters. The molecule has 1 heterocycles. The van der Waals surface area contributed by atoms with E-state index in [1.54, 1.807) is 18.2 Å². The Morgan fingerprint density at radius 1 is 1.09 bits per heavy atom. The molecule has 1 aromatic heterocycles. The van der Waals surface area contributed by atoms with Crippen LogP contribution in [0, 0.1) is 0 Å². The zero-order valence-electron chi connectivity index (χ0n) is 11.3. The van der Waals surface area contributed by atoms with Gasteiger partial charge in [-0.2, -0.15) is 0 Å². The fourth-order valence-corrected chi connectivity index (χ4v) is 2.32.